The van der Waals surface area contributed by atoms with Crippen molar-refractivity contribution in [3.8, 4) is 11.1 Å². The van der Waals surface area contributed by atoms with Gasteiger partial charge < -0.3 is 15.2 Å². The number of aromatic nitrogens is 1. The van der Waals surface area contributed by atoms with Crippen LogP contribution in [0.5, 0.6) is 0 Å². The fourth-order valence-corrected chi connectivity index (χ4v) is 6.64. The van der Waals surface area contributed by atoms with Gasteiger partial charge in [0.05, 0.1) is 4.88 Å². The maximum Gasteiger partial charge on any atom is 0.326 e. The Morgan fingerprint density at radius 3 is 2.59 bits per heavy atom. The Labute approximate surface area is 264 Å². The van der Waals surface area contributed by atoms with Gasteiger partial charge in [0.2, 0.25) is 0 Å². The number of nitrogens with one attached hydrogen (secondary N) is 1. The summed E-state index contributed by atoms with van der Waals surface area (Å²) in [7, 11) is 0. The molecule has 2 N–H and O–H groups in total. The van der Waals surface area contributed by atoms with Crippen LogP contribution in [-0.4, -0.2) is 64.9 Å². The van der Waals surface area contributed by atoms with E-state index in [1.54, 1.807) is 24.0 Å². The summed E-state index contributed by atoms with van der Waals surface area (Å²) >= 11 is 2.98. The van der Waals surface area contributed by atoms with Crippen molar-refractivity contribution in [3.63, 3.8) is 0 Å². The van der Waals surface area contributed by atoms with E-state index >= 15 is 0 Å². The molecule has 0 aliphatic heterocycles. The molecule has 2 aromatic carbocycles. The number of benzene rings is 2. The molecule has 0 bridgehead atoms. The van der Waals surface area contributed by atoms with Crippen LogP contribution in [0.4, 0.5) is 0 Å². The van der Waals surface area contributed by atoms with Crippen molar-refractivity contribution in [2.24, 2.45) is 5.92 Å². The molecule has 6 nitrogen and oxygen atoms in total. The smallest absolute Gasteiger partial charge is 0.326 e. The minimum absolute atomic E-state index is 0. The summed E-state index contributed by atoms with van der Waals surface area (Å²) in [5.41, 5.74) is 4.14. The van der Waals surface area contributed by atoms with Crippen LogP contribution >= 0.6 is 23.3 Å². The van der Waals surface area contributed by atoms with Gasteiger partial charge in [-0.05, 0) is 96.1 Å². The fourth-order valence-electron chi connectivity index (χ4n) is 5.50. The number of carboxylic acid groups (broad SMARTS) is 1. The zero-order valence-electron chi connectivity index (χ0n) is 24.4. The Bertz CT molecular complexity index is 1250. The number of hydrogen-bond donors (Lipinski definition) is 2. The first-order chi connectivity index (χ1) is 19.5. The molecule has 1 fully saturated rings. The summed E-state index contributed by atoms with van der Waals surface area (Å²) in [5.74, 6) is 0.0507. The summed E-state index contributed by atoms with van der Waals surface area (Å²) in [5, 5.41) is 12.4. The normalized spacial score (nSPS) is 15.1. The van der Waals surface area contributed by atoms with Crippen LogP contribution < -0.4 is 5.32 Å². The molecule has 1 aliphatic carbocycles. The molecule has 9 heteroatoms. The van der Waals surface area contributed by atoms with Crippen molar-refractivity contribution in [2.75, 3.05) is 18.6 Å². The summed E-state index contributed by atoms with van der Waals surface area (Å²) in [6.07, 6.45) is 12.8. The van der Waals surface area contributed by atoms with E-state index in [-0.39, 0.29) is 30.9 Å². The van der Waals surface area contributed by atoms with E-state index < -0.39 is 12.0 Å². The number of ether oxygens (including phenoxy) is 1. The molecule has 2 atom stereocenters. The Morgan fingerprint density at radius 1 is 1.12 bits per heavy atom. The number of carbonyl (C=O) groups excluding carboxylic acids is 1. The average molecular weight is 588 g/mol. The first-order valence-corrected chi connectivity index (χ1v) is 16.4. The second-order valence-electron chi connectivity index (χ2n) is 10.6. The molecule has 1 aliphatic rings. The summed E-state index contributed by atoms with van der Waals surface area (Å²) < 4.78 is 10.8. The first-order valence-electron chi connectivity index (χ1n) is 14.2. The average Bonchev–Trinajstić information content (AvgIpc) is 3.50. The monoisotopic (exact) mass is 587 g/mol. The van der Waals surface area contributed by atoms with Crippen LogP contribution in [0, 0.1) is 12.8 Å². The number of rotatable bonds is 14. The second kappa shape index (κ2) is 17.1. The predicted octanol–water partition coefficient (Wildman–Crippen LogP) is 7.14. The molecular weight excluding hydrogens is 547 g/mol. The Balaban J connectivity index is 0.00000462. The minimum atomic E-state index is -1.02. The molecule has 0 spiro atoms. The van der Waals surface area contributed by atoms with E-state index in [1.165, 1.54) is 50.1 Å². The molecule has 215 valence electrons. The third-order valence-electron chi connectivity index (χ3n) is 7.72. The van der Waals surface area contributed by atoms with E-state index in [1.807, 2.05) is 55.6 Å². The Morgan fingerprint density at radius 2 is 1.90 bits per heavy atom. The number of nitrogens with zero attached hydrogens (tertiary/aromatic N) is 1. The van der Waals surface area contributed by atoms with Gasteiger partial charge in [-0.25, -0.2) is 9.17 Å². The number of aliphatic carboxylic acids is 1. The van der Waals surface area contributed by atoms with Crippen LogP contribution in [0.15, 0.2) is 54.7 Å². The van der Waals surface area contributed by atoms with Crippen LogP contribution in [0.25, 0.3) is 11.1 Å². The van der Waals surface area contributed by atoms with Crippen LogP contribution in [0.2, 0.25) is 0 Å². The van der Waals surface area contributed by atoms with Crippen LogP contribution in [-0.2, 0) is 9.53 Å². The zero-order valence-corrected chi connectivity index (χ0v) is 26.1. The number of hydrogen-bond acceptors (Lipinski definition) is 6. The largest absolute Gasteiger partial charge is 0.480 e. The topological polar surface area (TPSA) is 88.5 Å². The van der Waals surface area contributed by atoms with Gasteiger partial charge >= 0.3 is 5.97 Å². The van der Waals surface area contributed by atoms with E-state index in [4.69, 9.17) is 4.74 Å². The molecule has 3 aromatic rings. The standard InChI is InChI=1S/C32H40N2O4S2.Li/c1-22-9-6-7-13-25(22)27-21-24(14-15-26(27)31(35)34-28(32(36)37)17-20-39-2)30(29-16-18-33-40-29)38-19-8-12-23-10-4-3-5-11-23;/h6-7,9,13-16,18,21,23,28,30H,3-5,8,10-12,17,19-20H2,1-2H3,(H,34,35)(H,36,37);/t28-,30?;/m0./s1. The van der Waals surface area contributed by atoms with Crippen LogP contribution in [0.1, 0.15) is 83.8 Å². The van der Waals surface area contributed by atoms with Gasteiger partial charge in [-0.1, -0.05) is 62.4 Å². The molecule has 1 heterocycles. The van der Waals surface area contributed by atoms with Crippen molar-refractivity contribution in [1.29, 1.82) is 0 Å². The quantitative estimate of drug-likeness (QED) is 0.154. The number of amides is 1. The summed E-state index contributed by atoms with van der Waals surface area (Å²) in [4.78, 5) is 26.3. The van der Waals surface area contributed by atoms with Gasteiger partial charge in [-0.2, -0.15) is 11.8 Å². The van der Waals surface area contributed by atoms with Crippen molar-refractivity contribution in [1.82, 2.24) is 9.69 Å². The molecule has 0 saturated heterocycles. The maximum absolute atomic E-state index is 13.5. The maximum atomic E-state index is 13.5. The van der Waals surface area contributed by atoms with E-state index in [0.29, 0.717) is 24.3 Å². The van der Waals surface area contributed by atoms with Gasteiger partial charge in [0, 0.05) is 37.2 Å². The summed E-state index contributed by atoms with van der Waals surface area (Å²) in [6, 6.07) is 14.8. The molecule has 1 radical (unpaired) electrons. The first kappa shape index (κ1) is 33.4. The van der Waals surface area contributed by atoms with E-state index in [2.05, 4.69) is 9.69 Å². The molecule has 41 heavy (non-hydrogen) atoms. The fraction of sp³-hybridized carbons (Fsp3) is 0.469. The summed E-state index contributed by atoms with van der Waals surface area (Å²) in [6.45, 7) is 2.68. The van der Waals surface area contributed by atoms with Gasteiger partial charge in [0.1, 0.15) is 12.1 Å². The number of thioether (sulfide) groups is 1. The van der Waals surface area contributed by atoms with Crippen molar-refractivity contribution in [2.45, 2.75) is 70.4 Å². The minimum Gasteiger partial charge on any atom is -0.480 e. The van der Waals surface area contributed by atoms with E-state index in [9.17, 15) is 14.7 Å². The molecular formula is C32H40LiN2O4S2. The number of aryl methyl sites for hydroxylation is 1. The van der Waals surface area contributed by atoms with Crippen molar-refractivity contribution in [3.05, 3.63) is 76.3 Å². The van der Waals surface area contributed by atoms with Gasteiger partial charge in [0.25, 0.3) is 5.91 Å². The number of carboxylic acids is 1. The molecule has 1 unspecified atom stereocenters. The van der Waals surface area contributed by atoms with Crippen molar-refractivity contribution >= 4 is 54.0 Å². The Hall–Kier alpha value is -2.08. The van der Waals surface area contributed by atoms with Gasteiger partial charge in [-0.3, -0.25) is 4.79 Å². The third kappa shape index (κ3) is 9.46. The van der Waals surface area contributed by atoms with Crippen LogP contribution in [0.3, 0.4) is 0 Å². The predicted molar refractivity (Wildman–Crippen MR) is 170 cm³/mol. The third-order valence-corrected chi connectivity index (χ3v) is 9.15. The Kier molecular flexibility index (Phi) is 14.0. The molecule has 1 saturated carbocycles. The van der Waals surface area contributed by atoms with Crippen molar-refractivity contribution < 1.29 is 19.4 Å². The SMILES string of the molecule is CSCC[C@H](NC(=O)c1ccc(C(OCCCC2CCCCC2)c2ccns2)cc1-c1ccccc1C)C(=O)O.[Li]. The zero-order chi connectivity index (χ0) is 28.3. The molecule has 1 amide bonds. The van der Waals surface area contributed by atoms with Gasteiger partial charge in [-0.15, -0.1) is 0 Å². The second-order valence-corrected chi connectivity index (χ2v) is 12.4. The molecule has 4 rings (SSSR count). The van der Waals surface area contributed by atoms with Gasteiger partial charge in [0.15, 0.2) is 0 Å². The van der Waals surface area contributed by atoms with E-state index in [0.717, 1.165) is 39.5 Å². The molecule has 1 aromatic heterocycles. The number of carbonyl (C=O) groups is 2.